The van der Waals surface area contributed by atoms with Gasteiger partial charge in [-0.3, -0.25) is 4.79 Å². The van der Waals surface area contributed by atoms with Crippen LogP contribution in [0.1, 0.15) is 10.4 Å². The summed E-state index contributed by atoms with van der Waals surface area (Å²) < 4.78 is 26.2. The van der Waals surface area contributed by atoms with Gasteiger partial charge in [-0.05, 0) is 64.7 Å². The average Bonchev–Trinajstić information content (AvgIpc) is 2.55. The first kappa shape index (κ1) is 19.0. The fraction of sp³-hybridized carbons (Fsp3) is 0.188. The first-order valence-corrected chi connectivity index (χ1v) is 10.4. The third-order valence-corrected chi connectivity index (χ3v) is 6.85. The number of anilines is 1. The Bertz CT molecular complexity index is 850. The molecule has 0 aliphatic carbocycles. The topological polar surface area (TPSA) is 66.5 Å². The maximum Gasteiger partial charge on any atom is 0.255 e. The van der Waals surface area contributed by atoms with Crippen LogP contribution in [-0.4, -0.2) is 39.0 Å². The Balaban J connectivity index is 2.30. The molecule has 128 valence electrons. The maximum absolute atomic E-state index is 12.4. The molecule has 0 spiro atoms. The van der Waals surface area contributed by atoms with Gasteiger partial charge in [-0.15, -0.1) is 11.8 Å². The molecule has 0 bridgehead atoms. The number of hydrogen-bond donors (Lipinski definition) is 1. The minimum absolute atomic E-state index is 0.0536. The summed E-state index contributed by atoms with van der Waals surface area (Å²) in [7, 11) is -0.749. The number of amides is 1. The van der Waals surface area contributed by atoms with Crippen LogP contribution in [0.4, 0.5) is 5.69 Å². The van der Waals surface area contributed by atoms with Crippen LogP contribution in [0, 0.1) is 0 Å². The average molecular weight is 429 g/mol. The van der Waals surface area contributed by atoms with E-state index in [0.29, 0.717) is 10.2 Å². The Hall–Kier alpha value is -1.35. The van der Waals surface area contributed by atoms with E-state index in [4.69, 9.17) is 0 Å². The van der Waals surface area contributed by atoms with Gasteiger partial charge >= 0.3 is 0 Å². The number of sulfonamides is 1. The number of nitrogens with one attached hydrogen (secondary N) is 1. The molecule has 0 saturated heterocycles. The summed E-state index contributed by atoms with van der Waals surface area (Å²) >= 11 is 4.84. The number of benzene rings is 2. The second-order valence-electron chi connectivity index (χ2n) is 5.12. The number of carbonyl (C=O) groups is 1. The van der Waals surface area contributed by atoms with Crippen molar-refractivity contribution in [1.29, 1.82) is 0 Å². The minimum atomic E-state index is -3.64. The smallest absolute Gasteiger partial charge is 0.255 e. The van der Waals surface area contributed by atoms with E-state index < -0.39 is 10.0 Å². The lowest BCUT2D eigenvalue weighted by Crippen LogP contribution is -2.23. The van der Waals surface area contributed by atoms with Gasteiger partial charge in [0.25, 0.3) is 5.91 Å². The van der Waals surface area contributed by atoms with Crippen LogP contribution in [0.3, 0.4) is 0 Å². The van der Waals surface area contributed by atoms with Crippen molar-refractivity contribution in [2.75, 3.05) is 25.7 Å². The Kier molecular flexibility index (Phi) is 6.08. The molecule has 0 atom stereocenters. The van der Waals surface area contributed by atoms with Gasteiger partial charge in [-0.1, -0.05) is 0 Å². The fourth-order valence-electron chi connectivity index (χ4n) is 1.92. The van der Waals surface area contributed by atoms with Crippen molar-refractivity contribution in [3.05, 3.63) is 52.5 Å². The monoisotopic (exact) mass is 428 g/mol. The molecule has 0 aromatic heterocycles. The van der Waals surface area contributed by atoms with E-state index in [1.807, 2.05) is 18.4 Å². The van der Waals surface area contributed by atoms with Crippen molar-refractivity contribution in [1.82, 2.24) is 4.31 Å². The van der Waals surface area contributed by atoms with Crippen LogP contribution in [0.15, 0.2) is 56.7 Å². The lowest BCUT2D eigenvalue weighted by atomic mass is 10.2. The summed E-state index contributed by atoms with van der Waals surface area (Å²) in [5.41, 5.74) is 0.922. The number of hydrogen-bond acceptors (Lipinski definition) is 4. The van der Waals surface area contributed by atoms with Crippen molar-refractivity contribution in [2.45, 2.75) is 9.79 Å². The van der Waals surface area contributed by atoms with Crippen LogP contribution in [0.5, 0.6) is 0 Å². The SMILES string of the molecule is CSc1ccc(NC(=O)c2ccc(Br)c(S(=O)(=O)N(C)C)c2)cc1. The van der Waals surface area contributed by atoms with E-state index >= 15 is 0 Å². The van der Waals surface area contributed by atoms with E-state index in [0.717, 1.165) is 9.20 Å². The highest BCUT2D eigenvalue weighted by molar-refractivity contribution is 9.10. The Morgan fingerprint density at radius 2 is 1.75 bits per heavy atom. The summed E-state index contributed by atoms with van der Waals surface area (Å²) in [5.74, 6) is -0.366. The minimum Gasteiger partial charge on any atom is -0.322 e. The van der Waals surface area contributed by atoms with Crippen LogP contribution in [0.2, 0.25) is 0 Å². The zero-order valence-electron chi connectivity index (χ0n) is 13.4. The van der Waals surface area contributed by atoms with Crippen LogP contribution < -0.4 is 5.32 Å². The zero-order chi connectivity index (χ0) is 17.9. The zero-order valence-corrected chi connectivity index (χ0v) is 16.6. The number of rotatable bonds is 5. The van der Waals surface area contributed by atoms with Gasteiger partial charge in [0.05, 0.1) is 4.90 Å². The molecule has 2 aromatic rings. The molecule has 1 N–H and O–H groups in total. The molecular weight excluding hydrogens is 412 g/mol. The van der Waals surface area contributed by atoms with E-state index in [2.05, 4.69) is 21.2 Å². The van der Waals surface area contributed by atoms with E-state index in [-0.39, 0.29) is 16.4 Å². The largest absolute Gasteiger partial charge is 0.322 e. The highest BCUT2D eigenvalue weighted by Crippen LogP contribution is 2.26. The van der Waals surface area contributed by atoms with Crippen LogP contribution >= 0.6 is 27.7 Å². The predicted octanol–water partition coefficient (Wildman–Crippen LogP) is 3.67. The second-order valence-corrected chi connectivity index (χ2v) is 8.97. The van der Waals surface area contributed by atoms with Gasteiger partial charge < -0.3 is 5.32 Å². The van der Waals surface area contributed by atoms with Crippen molar-refractivity contribution in [3.8, 4) is 0 Å². The summed E-state index contributed by atoms with van der Waals surface area (Å²) in [6, 6.07) is 11.9. The molecule has 2 aromatic carbocycles. The van der Waals surface area contributed by atoms with Crippen LogP contribution in [0.25, 0.3) is 0 Å². The first-order valence-electron chi connectivity index (χ1n) is 6.93. The van der Waals surface area contributed by atoms with Crippen molar-refractivity contribution >= 4 is 49.3 Å². The number of halogens is 1. The predicted molar refractivity (Wildman–Crippen MR) is 101 cm³/mol. The molecule has 0 unspecified atom stereocenters. The lowest BCUT2D eigenvalue weighted by molar-refractivity contribution is 0.102. The van der Waals surface area contributed by atoms with E-state index in [1.54, 1.807) is 36.0 Å². The van der Waals surface area contributed by atoms with Crippen molar-refractivity contribution < 1.29 is 13.2 Å². The summed E-state index contributed by atoms with van der Waals surface area (Å²) in [6.45, 7) is 0. The molecule has 0 heterocycles. The van der Waals surface area contributed by atoms with Gasteiger partial charge in [0, 0.05) is 34.7 Å². The molecule has 0 radical (unpaired) electrons. The first-order chi connectivity index (χ1) is 11.3. The highest BCUT2D eigenvalue weighted by Gasteiger charge is 2.22. The molecule has 0 aliphatic rings. The summed E-state index contributed by atoms with van der Waals surface area (Å²) in [5, 5.41) is 2.76. The van der Waals surface area contributed by atoms with Crippen LogP contribution in [-0.2, 0) is 10.0 Å². The summed E-state index contributed by atoms with van der Waals surface area (Å²) in [4.78, 5) is 13.5. The lowest BCUT2D eigenvalue weighted by Gasteiger charge is -2.14. The third-order valence-electron chi connectivity index (χ3n) is 3.30. The quantitative estimate of drug-likeness (QED) is 0.737. The maximum atomic E-state index is 12.4. The molecule has 0 fully saturated rings. The standard InChI is InChI=1S/C16H17BrN2O3S2/c1-19(2)24(21,22)15-10-11(4-9-14(15)17)16(20)18-12-5-7-13(23-3)8-6-12/h4-10H,1-3H3,(H,18,20). The Morgan fingerprint density at radius 1 is 1.12 bits per heavy atom. The molecule has 2 rings (SSSR count). The Morgan fingerprint density at radius 3 is 2.29 bits per heavy atom. The van der Waals surface area contributed by atoms with Crippen molar-refractivity contribution in [2.24, 2.45) is 0 Å². The van der Waals surface area contributed by atoms with Crippen molar-refractivity contribution in [3.63, 3.8) is 0 Å². The molecule has 8 heteroatoms. The normalized spacial score (nSPS) is 11.5. The van der Waals surface area contributed by atoms with Gasteiger partial charge in [-0.25, -0.2) is 12.7 Å². The van der Waals surface area contributed by atoms with E-state index in [1.165, 1.54) is 20.2 Å². The van der Waals surface area contributed by atoms with Gasteiger partial charge in [0.1, 0.15) is 0 Å². The fourth-order valence-corrected chi connectivity index (χ4v) is 4.17. The molecule has 0 saturated carbocycles. The molecular formula is C16H17BrN2O3S2. The molecule has 5 nitrogen and oxygen atoms in total. The second kappa shape index (κ2) is 7.69. The van der Waals surface area contributed by atoms with E-state index in [9.17, 15) is 13.2 Å². The highest BCUT2D eigenvalue weighted by atomic mass is 79.9. The number of nitrogens with zero attached hydrogens (tertiary/aromatic N) is 1. The van der Waals surface area contributed by atoms with Gasteiger partial charge in [-0.2, -0.15) is 0 Å². The number of carbonyl (C=O) groups excluding carboxylic acids is 1. The molecule has 0 aliphatic heterocycles. The summed E-state index contributed by atoms with van der Waals surface area (Å²) in [6.07, 6.45) is 1.97. The number of thioether (sulfide) groups is 1. The van der Waals surface area contributed by atoms with Gasteiger partial charge in [0.2, 0.25) is 10.0 Å². The Labute approximate surface area is 154 Å². The molecule has 1 amide bonds. The van der Waals surface area contributed by atoms with Gasteiger partial charge in [0.15, 0.2) is 0 Å². The third kappa shape index (κ3) is 4.18. The molecule has 24 heavy (non-hydrogen) atoms.